The second kappa shape index (κ2) is 7.18. The van der Waals surface area contributed by atoms with Crippen LogP contribution in [-0.2, 0) is 17.8 Å². The van der Waals surface area contributed by atoms with Gasteiger partial charge in [-0.3, -0.25) is 14.4 Å². The number of aromatic nitrogens is 1. The second-order valence-corrected chi connectivity index (χ2v) is 7.07. The van der Waals surface area contributed by atoms with Crippen molar-refractivity contribution >= 4 is 11.8 Å². The number of fused-ring (bicyclic) bond motifs is 2. The van der Waals surface area contributed by atoms with Crippen molar-refractivity contribution < 1.29 is 33.3 Å². The maximum Gasteiger partial charge on any atom is 0.277 e. The van der Waals surface area contributed by atoms with E-state index >= 15 is 0 Å². The van der Waals surface area contributed by atoms with E-state index in [-0.39, 0.29) is 24.3 Å². The van der Waals surface area contributed by atoms with Gasteiger partial charge in [0.05, 0.1) is 12.6 Å². The van der Waals surface area contributed by atoms with E-state index in [1.54, 1.807) is 6.92 Å². The molecule has 0 bridgehead atoms. The number of benzene rings is 1. The molecule has 2 aromatic rings. The highest BCUT2D eigenvalue weighted by Gasteiger charge is 2.47. The van der Waals surface area contributed by atoms with Crippen molar-refractivity contribution in [3.8, 4) is 5.75 Å². The summed E-state index contributed by atoms with van der Waals surface area (Å²) in [5, 5.41) is 22.5. The third-order valence-electron chi connectivity index (χ3n) is 5.20. The van der Waals surface area contributed by atoms with Crippen LogP contribution in [-0.4, -0.2) is 50.1 Å². The minimum atomic E-state index is -1.23. The minimum absolute atomic E-state index is 0.000171. The Morgan fingerprint density at radius 3 is 2.77 bits per heavy atom. The first-order valence-corrected chi connectivity index (χ1v) is 9.03. The van der Waals surface area contributed by atoms with Gasteiger partial charge in [-0.15, -0.1) is 0 Å². The van der Waals surface area contributed by atoms with Gasteiger partial charge in [0.25, 0.3) is 11.8 Å². The molecule has 1 saturated heterocycles. The number of ether oxygens (including phenoxy) is 1. The summed E-state index contributed by atoms with van der Waals surface area (Å²) in [4.78, 5) is 38.9. The lowest BCUT2D eigenvalue weighted by molar-refractivity contribution is -0.104. The number of carbonyl (C=O) groups is 2. The predicted molar refractivity (Wildman–Crippen MR) is 96.4 cm³/mol. The standard InChI is InChI=1S/C19H17F2N3O6/c1-8-19(29)30-13-7-23-6-11(15(25)16(26)14(23)18(28)24(8)13)17(27)22-5-9-2-3-10(20)4-12(9)21/h2-4,6,8,13,19,26,29H,5,7H2,1H3,(H,22,27)/t8-,13+,19?/m0/s1. The Morgan fingerprint density at radius 1 is 1.33 bits per heavy atom. The van der Waals surface area contributed by atoms with Crippen molar-refractivity contribution in [1.82, 2.24) is 14.8 Å². The van der Waals surface area contributed by atoms with E-state index in [0.717, 1.165) is 18.3 Å². The fourth-order valence-electron chi connectivity index (χ4n) is 3.59. The quantitative estimate of drug-likeness (QED) is 0.655. The van der Waals surface area contributed by atoms with Crippen molar-refractivity contribution in [3.63, 3.8) is 0 Å². The third kappa shape index (κ3) is 3.12. The Labute approximate surface area is 168 Å². The number of nitrogens with zero attached hydrogens (tertiary/aromatic N) is 2. The van der Waals surface area contributed by atoms with E-state index in [1.807, 2.05) is 0 Å². The zero-order valence-corrected chi connectivity index (χ0v) is 15.6. The van der Waals surface area contributed by atoms with Crippen molar-refractivity contribution in [2.75, 3.05) is 0 Å². The normalized spacial score (nSPS) is 22.6. The zero-order chi connectivity index (χ0) is 21.7. The summed E-state index contributed by atoms with van der Waals surface area (Å²) in [7, 11) is 0. The molecular formula is C19H17F2N3O6. The molecule has 1 aromatic carbocycles. The zero-order valence-electron chi connectivity index (χ0n) is 15.6. The number of aliphatic hydroxyl groups is 1. The lowest BCUT2D eigenvalue weighted by atomic mass is 10.1. The molecule has 11 heteroatoms. The average Bonchev–Trinajstić information content (AvgIpc) is 2.97. The van der Waals surface area contributed by atoms with Crippen molar-refractivity contribution in [3.05, 3.63) is 63.1 Å². The van der Waals surface area contributed by atoms with Crippen LogP contribution >= 0.6 is 0 Å². The molecule has 2 aliphatic rings. The molecule has 158 valence electrons. The number of halogens is 2. The molecule has 0 saturated carbocycles. The molecule has 30 heavy (non-hydrogen) atoms. The topological polar surface area (TPSA) is 121 Å². The molecule has 0 spiro atoms. The largest absolute Gasteiger partial charge is 0.503 e. The number of amides is 2. The average molecular weight is 421 g/mol. The minimum Gasteiger partial charge on any atom is -0.503 e. The second-order valence-electron chi connectivity index (χ2n) is 7.07. The molecule has 1 aromatic heterocycles. The van der Waals surface area contributed by atoms with Crippen molar-refractivity contribution in [1.29, 1.82) is 0 Å². The van der Waals surface area contributed by atoms with Gasteiger partial charge in [0.2, 0.25) is 5.43 Å². The Hall–Kier alpha value is -3.31. The summed E-state index contributed by atoms with van der Waals surface area (Å²) in [6, 6.07) is 2.16. The predicted octanol–water partition coefficient (Wildman–Crippen LogP) is 0.281. The molecule has 3 N–H and O–H groups in total. The van der Waals surface area contributed by atoms with Crippen LogP contribution in [0.25, 0.3) is 0 Å². The SMILES string of the molecule is C[C@H]1C(O)O[C@@H]2Cn3cc(C(=O)NCc4ccc(F)cc4F)c(=O)c(O)c3C(=O)N21. The number of aliphatic hydroxyl groups excluding tert-OH is 1. The van der Waals surface area contributed by atoms with Crippen molar-refractivity contribution in [2.24, 2.45) is 0 Å². The van der Waals surface area contributed by atoms with Gasteiger partial charge in [0, 0.05) is 24.4 Å². The number of aromatic hydroxyl groups is 1. The Bertz CT molecular complexity index is 1120. The fourth-order valence-corrected chi connectivity index (χ4v) is 3.59. The molecule has 1 unspecified atom stereocenters. The molecule has 3 heterocycles. The van der Waals surface area contributed by atoms with Crippen LogP contribution in [0.4, 0.5) is 8.78 Å². The molecule has 2 amide bonds. The maximum atomic E-state index is 13.7. The van der Waals surface area contributed by atoms with E-state index in [1.165, 1.54) is 9.47 Å². The van der Waals surface area contributed by atoms with Crippen LogP contribution in [0.3, 0.4) is 0 Å². The third-order valence-corrected chi connectivity index (χ3v) is 5.20. The van der Waals surface area contributed by atoms with Crippen LogP contribution in [0, 0.1) is 11.6 Å². The number of nitrogens with one attached hydrogen (secondary N) is 1. The van der Waals surface area contributed by atoms with Gasteiger partial charge in [-0.25, -0.2) is 8.78 Å². The van der Waals surface area contributed by atoms with Crippen LogP contribution in [0.15, 0.2) is 29.2 Å². The first-order chi connectivity index (χ1) is 14.2. The number of hydrogen-bond acceptors (Lipinski definition) is 6. The summed E-state index contributed by atoms with van der Waals surface area (Å²) in [6.07, 6.45) is -0.959. The first-order valence-electron chi connectivity index (χ1n) is 9.03. The fraction of sp³-hybridized carbons (Fsp3) is 0.316. The molecule has 1 fully saturated rings. The summed E-state index contributed by atoms with van der Waals surface area (Å²) >= 11 is 0. The highest BCUT2D eigenvalue weighted by Crippen LogP contribution is 2.31. The Balaban J connectivity index is 1.63. The van der Waals surface area contributed by atoms with Crippen LogP contribution in [0.5, 0.6) is 5.75 Å². The first kappa shape index (κ1) is 20.0. The number of hydrogen-bond donors (Lipinski definition) is 3. The highest BCUT2D eigenvalue weighted by atomic mass is 19.1. The van der Waals surface area contributed by atoms with Crippen LogP contribution < -0.4 is 10.7 Å². The molecular weight excluding hydrogens is 404 g/mol. The molecule has 9 nitrogen and oxygen atoms in total. The van der Waals surface area contributed by atoms with E-state index < -0.39 is 58.8 Å². The molecule has 0 radical (unpaired) electrons. The van der Waals surface area contributed by atoms with Gasteiger partial charge in [-0.2, -0.15) is 0 Å². The monoisotopic (exact) mass is 421 g/mol. The van der Waals surface area contributed by atoms with Gasteiger partial charge in [0.1, 0.15) is 17.2 Å². The molecule has 0 aliphatic carbocycles. The smallest absolute Gasteiger partial charge is 0.277 e. The van der Waals surface area contributed by atoms with E-state index in [9.17, 15) is 33.4 Å². The van der Waals surface area contributed by atoms with Gasteiger partial charge in [-0.05, 0) is 13.0 Å². The summed E-state index contributed by atoms with van der Waals surface area (Å²) in [5.74, 6) is -4.17. The number of pyridine rings is 1. The molecule has 4 rings (SSSR count). The maximum absolute atomic E-state index is 13.7. The number of rotatable bonds is 3. The van der Waals surface area contributed by atoms with E-state index in [0.29, 0.717) is 6.07 Å². The summed E-state index contributed by atoms with van der Waals surface area (Å²) in [6.45, 7) is 1.21. The van der Waals surface area contributed by atoms with Gasteiger partial charge in [-0.1, -0.05) is 6.07 Å². The van der Waals surface area contributed by atoms with Crippen molar-refractivity contribution in [2.45, 2.75) is 38.6 Å². The van der Waals surface area contributed by atoms with Gasteiger partial charge < -0.3 is 29.7 Å². The molecule has 2 aliphatic heterocycles. The van der Waals surface area contributed by atoms with Gasteiger partial charge in [0.15, 0.2) is 24.0 Å². The van der Waals surface area contributed by atoms with E-state index in [2.05, 4.69) is 5.32 Å². The lowest BCUT2D eigenvalue weighted by Crippen LogP contribution is -2.49. The number of carbonyl (C=O) groups excluding carboxylic acids is 2. The molecule has 3 atom stereocenters. The summed E-state index contributed by atoms with van der Waals surface area (Å²) < 4.78 is 33.2. The Morgan fingerprint density at radius 2 is 2.07 bits per heavy atom. The highest BCUT2D eigenvalue weighted by molar-refractivity contribution is 5.99. The lowest BCUT2D eigenvalue weighted by Gasteiger charge is -2.33. The van der Waals surface area contributed by atoms with Crippen LogP contribution in [0.2, 0.25) is 0 Å². The van der Waals surface area contributed by atoms with Crippen LogP contribution in [0.1, 0.15) is 33.3 Å². The van der Waals surface area contributed by atoms with E-state index in [4.69, 9.17) is 4.74 Å². The Kier molecular flexibility index (Phi) is 4.79. The van der Waals surface area contributed by atoms with Gasteiger partial charge >= 0.3 is 0 Å². The summed E-state index contributed by atoms with van der Waals surface area (Å²) in [5.41, 5.74) is -1.85.